The number of hydrogen-bond acceptors (Lipinski definition) is 2. The fourth-order valence-electron chi connectivity index (χ4n) is 1.88. The molecule has 0 saturated carbocycles. The van der Waals surface area contributed by atoms with E-state index in [4.69, 9.17) is 0 Å². The average Bonchev–Trinajstić information content (AvgIpc) is 2.51. The van der Waals surface area contributed by atoms with Crippen molar-refractivity contribution in [3.8, 4) is 0 Å². The molecule has 0 atom stereocenters. The van der Waals surface area contributed by atoms with Crippen LogP contribution in [0.4, 0.5) is 35.1 Å². The van der Waals surface area contributed by atoms with Gasteiger partial charge in [0.15, 0.2) is 6.61 Å². The number of esters is 1. The van der Waals surface area contributed by atoms with Crippen molar-refractivity contribution in [2.75, 3.05) is 6.61 Å². The lowest BCUT2D eigenvalue weighted by atomic mass is 9.95. The van der Waals surface area contributed by atoms with Crippen LogP contribution in [0.25, 0.3) is 0 Å². The molecule has 10 heteroatoms. The fourth-order valence-corrected chi connectivity index (χ4v) is 1.88. The molecule has 0 aliphatic heterocycles. The predicted molar refractivity (Wildman–Crippen MR) is 74.3 cm³/mol. The number of halogens is 8. The summed E-state index contributed by atoms with van der Waals surface area (Å²) in [5, 5.41) is 0. The lowest BCUT2D eigenvalue weighted by Crippen LogP contribution is -2.63. The van der Waals surface area contributed by atoms with Crippen LogP contribution < -0.4 is 0 Å². The number of hydrogen-bond donors (Lipinski definition) is 0. The first kappa shape index (κ1) is 23.6. The monoisotopic (exact) mass is 384 g/mol. The van der Waals surface area contributed by atoms with Crippen LogP contribution in [0.2, 0.25) is 0 Å². The molecule has 25 heavy (non-hydrogen) atoms. The molecule has 148 valence electrons. The van der Waals surface area contributed by atoms with Crippen LogP contribution in [-0.4, -0.2) is 36.3 Å². The average molecular weight is 384 g/mol. The van der Waals surface area contributed by atoms with Crippen molar-refractivity contribution in [1.82, 2.24) is 0 Å². The SMILES string of the molecule is C=CC(=O)OCC(F)(F)C(F)(F)C(F)(F)C(F)(F)CCCCCCC. The Morgan fingerprint density at radius 1 is 0.880 bits per heavy atom. The molecule has 0 heterocycles. The van der Waals surface area contributed by atoms with E-state index < -0.39 is 49.1 Å². The number of rotatable bonds is 12. The van der Waals surface area contributed by atoms with Crippen LogP contribution in [0, 0.1) is 0 Å². The van der Waals surface area contributed by atoms with Crippen molar-refractivity contribution in [3.63, 3.8) is 0 Å². The van der Waals surface area contributed by atoms with Crippen LogP contribution in [0.3, 0.4) is 0 Å². The van der Waals surface area contributed by atoms with Gasteiger partial charge in [0.1, 0.15) is 0 Å². The molecule has 0 aliphatic carbocycles. The summed E-state index contributed by atoms with van der Waals surface area (Å²) in [6.07, 6.45) is 0.0422. The highest BCUT2D eigenvalue weighted by atomic mass is 19.4. The second kappa shape index (κ2) is 8.84. The summed E-state index contributed by atoms with van der Waals surface area (Å²) in [4.78, 5) is 10.6. The molecule has 0 rings (SSSR count). The molecule has 0 radical (unpaired) electrons. The molecule has 0 N–H and O–H groups in total. The molecular formula is C15H20F8O2. The zero-order valence-corrected chi connectivity index (χ0v) is 13.6. The van der Waals surface area contributed by atoms with E-state index in [1.165, 1.54) is 0 Å². The van der Waals surface area contributed by atoms with Gasteiger partial charge in [0, 0.05) is 12.5 Å². The number of unbranched alkanes of at least 4 members (excludes halogenated alkanes) is 4. The minimum Gasteiger partial charge on any atom is -0.456 e. The maximum Gasteiger partial charge on any atom is 0.381 e. The van der Waals surface area contributed by atoms with E-state index in [2.05, 4.69) is 11.3 Å². The minimum atomic E-state index is -6.42. The van der Waals surface area contributed by atoms with Crippen molar-refractivity contribution < 1.29 is 44.7 Å². The molecule has 0 bridgehead atoms. The van der Waals surface area contributed by atoms with E-state index in [-0.39, 0.29) is 6.42 Å². The molecule has 0 aromatic carbocycles. The van der Waals surface area contributed by atoms with Crippen LogP contribution in [-0.2, 0) is 9.53 Å². The summed E-state index contributed by atoms with van der Waals surface area (Å²) in [5.74, 6) is -25.4. The largest absolute Gasteiger partial charge is 0.456 e. The van der Waals surface area contributed by atoms with E-state index in [0.717, 1.165) is 6.42 Å². The summed E-state index contributed by atoms with van der Waals surface area (Å²) in [6.45, 7) is 2.12. The number of carbonyl (C=O) groups excluding carboxylic acids is 1. The molecule has 0 aromatic heterocycles. The van der Waals surface area contributed by atoms with Crippen LogP contribution in [0.15, 0.2) is 12.7 Å². The third kappa shape index (κ3) is 5.57. The first-order chi connectivity index (χ1) is 11.3. The molecule has 2 nitrogen and oxygen atoms in total. The van der Waals surface area contributed by atoms with E-state index in [0.29, 0.717) is 18.9 Å². The normalized spacial score (nSPS) is 13.6. The zero-order chi connectivity index (χ0) is 19.9. The van der Waals surface area contributed by atoms with Gasteiger partial charge in [-0.1, -0.05) is 39.2 Å². The standard InChI is InChI=1S/C15H20F8O2/c1-3-5-6-7-8-9-12(16,17)14(20,21)15(22,23)13(18,19)10-25-11(24)4-2/h4H,2-3,5-10H2,1H3. The topological polar surface area (TPSA) is 26.3 Å². The maximum absolute atomic E-state index is 13.5. The highest BCUT2D eigenvalue weighted by Gasteiger charge is 2.80. The lowest BCUT2D eigenvalue weighted by Gasteiger charge is -2.36. The van der Waals surface area contributed by atoms with Crippen molar-refractivity contribution in [2.45, 2.75) is 69.1 Å². The summed E-state index contributed by atoms with van der Waals surface area (Å²) >= 11 is 0. The van der Waals surface area contributed by atoms with Gasteiger partial charge in [-0.25, -0.2) is 4.79 Å². The highest BCUT2D eigenvalue weighted by molar-refractivity contribution is 5.81. The van der Waals surface area contributed by atoms with Crippen LogP contribution >= 0.6 is 0 Å². The molecule has 0 amide bonds. The Kier molecular flexibility index (Phi) is 8.37. The Labute approximate surface area is 140 Å². The van der Waals surface area contributed by atoms with Gasteiger partial charge in [-0.2, -0.15) is 35.1 Å². The summed E-state index contributed by atoms with van der Waals surface area (Å²) in [6, 6.07) is 0. The van der Waals surface area contributed by atoms with Gasteiger partial charge in [0.25, 0.3) is 0 Å². The molecule has 0 unspecified atom stereocenters. The highest BCUT2D eigenvalue weighted by Crippen LogP contribution is 2.54. The Morgan fingerprint density at radius 2 is 1.36 bits per heavy atom. The van der Waals surface area contributed by atoms with Gasteiger partial charge in [0.05, 0.1) is 0 Å². The quantitative estimate of drug-likeness (QED) is 0.189. The maximum atomic E-state index is 13.5. The summed E-state index contributed by atoms with van der Waals surface area (Å²) < 4.78 is 111. The van der Waals surface area contributed by atoms with E-state index in [1.807, 2.05) is 6.92 Å². The summed E-state index contributed by atoms with van der Waals surface area (Å²) in [7, 11) is 0. The molecule has 0 saturated heterocycles. The van der Waals surface area contributed by atoms with Gasteiger partial charge in [-0.3, -0.25) is 0 Å². The smallest absolute Gasteiger partial charge is 0.381 e. The van der Waals surface area contributed by atoms with Crippen LogP contribution in [0.5, 0.6) is 0 Å². The molecule has 0 aromatic rings. The van der Waals surface area contributed by atoms with E-state index in [1.54, 1.807) is 0 Å². The van der Waals surface area contributed by atoms with Crippen molar-refractivity contribution in [3.05, 3.63) is 12.7 Å². The Hall–Kier alpha value is -1.35. The van der Waals surface area contributed by atoms with Gasteiger partial charge in [-0.15, -0.1) is 0 Å². The molecule has 0 fully saturated rings. The third-order valence-electron chi connectivity index (χ3n) is 3.47. The first-order valence-corrected chi connectivity index (χ1v) is 7.57. The fraction of sp³-hybridized carbons (Fsp3) is 0.800. The van der Waals surface area contributed by atoms with Crippen molar-refractivity contribution in [2.24, 2.45) is 0 Å². The lowest BCUT2D eigenvalue weighted by molar-refractivity contribution is -0.371. The van der Waals surface area contributed by atoms with Crippen molar-refractivity contribution >= 4 is 5.97 Å². The Bertz CT molecular complexity index is 449. The number of alkyl halides is 8. The minimum absolute atomic E-state index is 0.0818. The van der Waals surface area contributed by atoms with Gasteiger partial charge < -0.3 is 4.74 Å². The Morgan fingerprint density at radius 3 is 1.84 bits per heavy atom. The van der Waals surface area contributed by atoms with Gasteiger partial charge in [0.2, 0.25) is 0 Å². The van der Waals surface area contributed by atoms with E-state index in [9.17, 15) is 39.9 Å². The first-order valence-electron chi connectivity index (χ1n) is 7.57. The molecule has 0 aliphatic rings. The van der Waals surface area contributed by atoms with Crippen LogP contribution in [0.1, 0.15) is 45.4 Å². The zero-order valence-electron chi connectivity index (χ0n) is 13.6. The third-order valence-corrected chi connectivity index (χ3v) is 3.47. The number of carbonyl (C=O) groups is 1. The molecular weight excluding hydrogens is 364 g/mol. The second-order valence-electron chi connectivity index (χ2n) is 5.53. The second-order valence-corrected chi connectivity index (χ2v) is 5.53. The van der Waals surface area contributed by atoms with Gasteiger partial charge >= 0.3 is 29.7 Å². The van der Waals surface area contributed by atoms with Gasteiger partial charge in [-0.05, 0) is 6.42 Å². The predicted octanol–water partition coefficient (Wildman–Crippen LogP) is 5.62. The summed E-state index contributed by atoms with van der Waals surface area (Å²) in [5.41, 5.74) is 0. The van der Waals surface area contributed by atoms with Crippen molar-refractivity contribution in [1.29, 1.82) is 0 Å². The number of ether oxygens (including phenoxy) is 1. The Balaban J connectivity index is 5.13. The van der Waals surface area contributed by atoms with E-state index >= 15 is 0 Å². The molecule has 0 spiro atoms.